The van der Waals surface area contributed by atoms with Crippen LogP contribution in [-0.2, 0) is 0 Å². The van der Waals surface area contributed by atoms with Gasteiger partial charge in [-0.3, -0.25) is 0 Å². The van der Waals surface area contributed by atoms with Crippen molar-refractivity contribution >= 4 is 28.1 Å². The van der Waals surface area contributed by atoms with E-state index in [9.17, 15) is 0 Å². The zero-order valence-corrected chi connectivity index (χ0v) is 9.29. The second kappa shape index (κ2) is 4.77. The number of nitrogens with zero attached hydrogens (tertiary/aromatic N) is 1. The Kier molecular flexibility index (Phi) is 3.39. The van der Waals surface area contributed by atoms with Crippen molar-refractivity contribution in [2.24, 2.45) is 0 Å². The molecule has 1 aromatic rings. The SMILES string of the molecule is Clc1csc(NCC2=CCNCC2)n1. The number of halogens is 1. The summed E-state index contributed by atoms with van der Waals surface area (Å²) in [7, 11) is 0. The molecule has 3 nitrogen and oxygen atoms in total. The molecule has 0 spiro atoms. The maximum absolute atomic E-state index is 5.72. The third-order valence-corrected chi connectivity index (χ3v) is 3.22. The van der Waals surface area contributed by atoms with Gasteiger partial charge in [-0.25, -0.2) is 4.98 Å². The summed E-state index contributed by atoms with van der Waals surface area (Å²) in [4.78, 5) is 4.13. The number of anilines is 1. The minimum absolute atomic E-state index is 0.566. The fourth-order valence-electron chi connectivity index (χ4n) is 1.35. The summed E-state index contributed by atoms with van der Waals surface area (Å²) in [6.45, 7) is 2.94. The quantitative estimate of drug-likeness (QED) is 0.780. The predicted octanol–water partition coefficient (Wildman–Crippen LogP) is 2.13. The first-order valence-electron chi connectivity index (χ1n) is 4.58. The van der Waals surface area contributed by atoms with Crippen molar-refractivity contribution < 1.29 is 0 Å². The van der Waals surface area contributed by atoms with E-state index < -0.39 is 0 Å². The second-order valence-electron chi connectivity index (χ2n) is 3.15. The smallest absolute Gasteiger partial charge is 0.184 e. The van der Waals surface area contributed by atoms with E-state index in [0.29, 0.717) is 5.15 Å². The van der Waals surface area contributed by atoms with Crippen LogP contribution in [0.2, 0.25) is 5.15 Å². The van der Waals surface area contributed by atoms with E-state index in [1.165, 1.54) is 5.57 Å². The first-order chi connectivity index (χ1) is 6.84. The highest BCUT2D eigenvalue weighted by atomic mass is 35.5. The molecule has 5 heteroatoms. The first kappa shape index (κ1) is 9.96. The van der Waals surface area contributed by atoms with Crippen LogP contribution in [0.5, 0.6) is 0 Å². The molecule has 14 heavy (non-hydrogen) atoms. The fourth-order valence-corrected chi connectivity index (χ4v) is 2.19. The Bertz CT molecular complexity index is 335. The molecule has 2 N–H and O–H groups in total. The molecule has 0 atom stereocenters. The second-order valence-corrected chi connectivity index (χ2v) is 4.39. The zero-order valence-electron chi connectivity index (χ0n) is 7.72. The van der Waals surface area contributed by atoms with Gasteiger partial charge in [0.25, 0.3) is 0 Å². The van der Waals surface area contributed by atoms with E-state index >= 15 is 0 Å². The molecular formula is C9H12ClN3S. The molecule has 1 aliphatic rings. The van der Waals surface area contributed by atoms with Crippen molar-refractivity contribution in [2.45, 2.75) is 6.42 Å². The van der Waals surface area contributed by atoms with E-state index in [-0.39, 0.29) is 0 Å². The Morgan fingerprint density at radius 3 is 3.21 bits per heavy atom. The maximum atomic E-state index is 5.72. The van der Waals surface area contributed by atoms with Gasteiger partial charge in [-0.05, 0) is 13.0 Å². The van der Waals surface area contributed by atoms with Crippen molar-refractivity contribution in [3.8, 4) is 0 Å². The van der Waals surface area contributed by atoms with E-state index in [1.807, 2.05) is 5.38 Å². The first-order valence-corrected chi connectivity index (χ1v) is 5.84. The van der Waals surface area contributed by atoms with E-state index in [4.69, 9.17) is 11.6 Å². The highest BCUT2D eigenvalue weighted by Gasteiger charge is 2.04. The summed E-state index contributed by atoms with van der Waals surface area (Å²) >= 11 is 7.26. The van der Waals surface area contributed by atoms with Gasteiger partial charge in [0.15, 0.2) is 5.13 Å². The molecule has 0 saturated heterocycles. The molecule has 1 aliphatic heterocycles. The van der Waals surface area contributed by atoms with Crippen LogP contribution >= 0.6 is 22.9 Å². The molecule has 0 bridgehead atoms. The van der Waals surface area contributed by atoms with Gasteiger partial charge in [0, 0.05) is 18.5 Å². The van der Waals surface area contributed by atoms with Gasteiger partial charge in [-0.2, -0.15) is 0 Å². The van der Waals surface area contributed by atoms with Gasteiger partial charge < -0.3 is 10.6 Å². The van der Waals surface area contributed by atoms with Crippen LogP contribution in [0.3, 0.4) is 0 Å². The standard InChI is InChI=1S/C9H12ClN3S/c10-8-6-14-9(13-8)12-5-7-1-3-11-4-2-7/h1,6,11H,2-5H2,(H,12,13). The van der Waals surface area contributed by atoms with Crippen molar-refractivity contribution in [1.82, 2.24) is 10.3 Å². The summed E-state index contributed by atoms with van der Waals surface area (Å²) in [5, 5.41) is 9.84. The lowest BCUT2D eigenvalue weighted by atomic mass is 10.1. The van der Waals surface area contributed by atoms with Crippen molar-refractivity contribution in [2.75, 3.05) is 25.0 Å². The monoisotopic (exact) mass is 229 g/mol. The zero-order chi connectivity index (χ0) is 9.80. The molecule has 2 heterocycles. The lowest BCUT2D eigenvalue weighted by molar-refractivity contribution is 0.698. The van der Waals surface area contributed by atoms with Crippen molar-refractivity contribution in [3.63, 3.8) is 0 Å². The summed E-state index contributed by atoms with van der Waals surface area (Å²) in [6, 6.07) is 0. The molecule has 0 saturated carbocycles. The third kappa shape index (κ3) is 2.70. The van der Waals surface area contributed by atoms with Crippen LogP contribution in [-0.4, -0.2) is 24.6 Å². The molecule has 1 aromatic heterocycles. The Hall–Kier alpha value is -0.580. The number of hydrogen-bond donors (Lipinski definition) is 2. The summed E-state index contributed by atoms with van der Waals surface area (Å²) in [6.07, 6.45) is 3.35. The Morgan fingerprint density at radius 2 is 2.57 bits per heavy atom. The maximum Gasteiger partial charge on any atom is 0.184 e. The molecule has 0 fully saturated rings. The van der Waals surface area contributed by atoms with Gasteiger partial charge in [-0.1, -0.05) is 23.3 Å². The van der Waals surface area contributed by atoms with Crippen LogP contribution < -0.4 is 10.6 Å². The molecule has 0 amide bonds. The summed E-state index contributed by atoms with van der Waals surface area (Å²) < 4.78 is 0. The van der Waals surface area contributed by atoms with Crippen LogP contribution in [0.15, 0.2) is 17.0 Å². The Balaban J connectivity index is 1.84. The third-order valence-electron chi connectivity index (χ3n) is 2.10. The lowest BCUT2D eigenvalue weighted by Crippen LogP contribution is -2.23. The minimum atomic E-state index is 0.566. The molecule has 0 aliphatic carbocycles. The van der Waals surface area contributed by atoms with Gasteiger partial charge in [0.2, 0.25) is 0 Å². The number of thiazole rings is 1. The lowest BCUT2D eigenvalue weighted by Gasteiger charge is -2.13. The fraction of sp³-hybridized carbons (Fsp3) is 0.444. The van der Waals surface area contributed by atoms with Crippen LogP contribution in [0.25, 0.3) is 0 Å². The van der Waals surface area contributed by atoms with Crippen LogP contribution in [0, 0.1) is 0 Å². The molecule has 0 aromatic carbocycles. The van der Waals surface area contributed by atoms with Crippen LogP contribution in [0.1, 0.15) is 6.42 Å². The van der Waals surface area contributed by atoms with Crippen molar-refractivity contribution in [3.05, 3.63) is 22.2 Å². The minimum Gasteiger partial charge on any atom is -0.358 e. The van der Waals surface area contributed by atoms with Gasteiger partial charge in [0.05, 0.1) is 0 Å². The summed E-state index contributed by atoms with van der Waals surface area (Å²) in [5.74, 6) is 0. The number of hydrogen-bond acceptors (Lipinski definition) is 4. The van der Waals surface area contributed by atoms with E-state index in [1.54, 1.807) is 11.3 Å². The molecule has 0 radical (unpaired) electrons. The molecule has 76 valence electrons. The molecular weight excluding hydrogens is 218 g/mol. The highest BCUT2D eigenvalue weighted by molar-refractivity contribution is 7.14. The normalized spacial score (nSPS) is 16.5. The topological polar surface area (TPSA) is 37.0 Å². The van der Waals surface area contributed by atoms with Crippen LogP contribution in [0.4, 0.5) is 5.13 Å². The molecule has 2 rings (SSSR count). The number of nitrogens with one attached hydrogen (secondary N) is 2. The highest BCUT2D eigenvalue weighted by Crippen LogP contribution is 2.19. The molecule has 0 unspecified atom stereocenters. The Morgan fingerprint density at radius 1 is 1.64 bits per heavy atom. The van der Waals surface area contributed by atoms with Gasteiger partial charge in [-0.15, -0.1) is 11.3 Å². The van der Waals surface area contributed by atoms with Gasteiger partial charge in [0.1, 0.15) is 5.15 Å². The van der Waals surface area contributed by atoms with E-state index in [2.05, 4.69) is 21.7 Å². The number of aromatic nitrogens is 1. The number of rotatable bonds is 3. The largest absolute Gasteiger partial charge is 0.358 e. The average Bonchev–Trinajstić information content (AvgIpc) is 2.63. The van der Waals surface area contributed by atoms with Crippen molar-refractivity contribution in [1.29, 1.82) is 0 Å². The summed E-state index contributed by atoms with van der Waals surface area (Å²) in [5.41, 5.74) is 1.44. The average molecular weight is 230 g/mol. The van der Waals surface area contributed by atoms with Gasteiger partial charge >= 0.3 is 0 Å². The Labute approximate surface area is 92.2 Å². The predicted molar refractivity (Wildman–Crippen MR) is 61.2 cm³/mol. The van der Waals surface area contributed by atoms with E-state index in [0.717, 1.165) is 31.2 Å².